The standard InChI is InChI=1S/C28H28N2O4/c1-2-3-7-18-34-23-12-10-21(11-13-23)25-24(26(31)22-14-16-29-17-15-22)27(32)28(33)30(25)19-20-8-5-4-6-9-20/h4-6,8-17,25,31H,2-3,7,18-19H2,1H3/b26-24+. The van der Waals surface area contributed by atoms with Crippen molar-refractivity contribution in [3.8, 4) is 5.75 Å². The highest BCUT2D eigenvalue weighted by molar-refractivity contribution is 6.46. The quantitative estimate of drug-likeness (QED) is 0.205. The number of ketones is 1. The van der Waals surface area contributed by atoms with Gasteiger partial charge < -0.3 is 14.7 Å². The molecular weight excluding hydrogens is 428 g/mol. The van der Waals surface area contributed by atoms with Crippen molar-refractivity contribution < 1.29 is 19.4 Å². The summed E-state index contributed by atoms with van der Waals surface area (Å²) in [5.41, 5.74) is 2.14. The number of rotatable bonds is 9. The molecule has 0 radical (unpaired) electrons. The Morgan fingerprint density at radius 2 is 1.68 bits per heavy atom. The highest BCUT2D eigenvalue weighted by Crippen LogP contribution is 2.40. The zero-order valence-electron chi connectivity index (χ0n) is 19.2. The van der Waals surface area contributed by atoms with E-state index in [1.54, 1.807) is 12.1 Å². The molecule has 0 bridgehead atoms. The Kier molecular flexibility index (Phi) is 7.38. The monoisotopic (exact) mass is 456 g/mol. The van der Waals surface area contributed by atoms with Crippen molar-refractivity contribution in [1.82, 2.24) is 9.88 Å². The van der Waals surface area contributed by atoms with Gasteiger partial charge >= 0.3 is 0 Å². The van der Waals surface area contributed by atoms with Crippen molar-refractivity contribution in [3.05, 3.63) is 101 Å². The van der Waals surface area contributed by atoms with Crippen molar-refractivity contribution in [2.75, 3.05) is 6.61 Å². The van der Waals surface area contributed by atoms with Crippen LogP contribution < -0.4 is 4.74 Å². The SMILES string of the molecule is CCCCCOc1ccc(C2/C(=C(\O)c3ccncc3)C(=O)C(=O)N2Cc2ccccc2)cc1. The number of aromatic nitrogens is 1. The van der Waals surface area contributed by atoms with Crippen LogP contribution in [-0.2, 0) is 16.1 Å². The first-order valence-corrected chi connectivity index (χ1v) is 11.6. The van der Waals surface area contributed by atoms with Gasteiger partial charge in [0.15, 0.2) is 0 Å². The van der Waals surface area contributed by atoms with E-state index < -0.39 is 17.7 Å². The maximum absolute atomic E-state index is 13.1. The van der Waals surface area contributed by atoms with Gasteiger partial charge in [0.1, 0.15) is 11.5 Å². The molecule has 6 nitrogen and oxygen atoms in total. The topological polar surface area (TPSA) is 79.7 Å². The van der Waals surface area contributed by atoms with Gasteiger partial charge in [-0.15, -0.1) is 0 Å². The summed E-state index contributed by atoms with van der Waals surface area (Å²) < 4.78 is 5.82. The van der Waals surface area contributed by atoms with Crippen molar-refractivity contribution >= 4 is 17.4 Å². The molecule has 6 heteroatoms. The number of carbonyl (C=O) groups is 2. The smallest absolute Gasteiger partial charge is 0.295 e. The highest BCUT2D eigenvalue weighted by Gasteiger charge is 2.46. The van der Waals surface area contributed by atoms with Gasteiger partial charge in [0.25, 0.3) is 11.7 Å². The zero-order chi connectivity index (χ0) is 23.9. The molecule has 1 N–H and O–H groups in total. The molecule has 2 heterocycles. The number of pyridine rings is 1. The van der Waals surface area contributed by atoms with Crippen LogP contribution in [0.25, 0.3) is 5.76 Å². The Bertz CT molecular complexity index is 1160. The molecule has 0 saturated carbocycles. The van der Waals surface area contributed by atoms with E-state index in [0.717, 1.165) is 36.1 Å². The third-order valence-corrected chi connectivity index (χ3v) is 5.90. The number of Topliss-reactive ketones (excluding diaryl/α,β-unsaturated/α-hetero) is 1. The normalized spacial score (nSPS) is 17.2. The summed E-state index contributed by atoms with van der Waals surface area (Å²) in [5.74, 6) is -0.810. The van der Waals surface area contributed by atoms with E-state index in [4.69, 9.17) is 4.74 Å². The first kappa shape index (κ1) is 23.2. The van der Waals surface area contributed by atoms with E-state index in [2.05, 4.69) is 11.9 Å². The number of amides is 1. The van der Waals surface area contributed by atoms with Crippen LogP contribution in [0.1, 0.15) is 48.9 Å². The third kappa shape index (κ3) is 5.01. The van der Waals surface area contributed by atoms with E-state index in [0.29, 0.717) is 12.2 Å². The number of carbonyl (C=O) groups excluding carboxylic acids is 2. The lowest BCUT2D eigenvalue weighted by molar-refractivity contribution is -0.140. The molecule has 1 atom stereocenters. The van der Waals surface area contributed by atoms with Crippen LogP contribution >= 0.6 is 0 Å². The van der Waals surface area contributed by atoms with Gasteiger partial charge in [-0.25, -0.2) is 0 Å². The van der Waals surface area contributed by atoms with E-state index in [9.17, 15) is 14.7 Å². The molecule has 0 aliphatic carbocycles. The largest absolute Gasteiger partial charge is 0.507 e. The minimum atomic E-state index is -0.720. The summed E-state index contributed by atoms with van der Waals surface area (Å²) in [6.45, 7) is 3.03. The predicted molar refractivity (Wildman–Crippen MR) is 130 cm³/mol. The van der Waals surface area contributed by atoms with Gasteiger partial charge in [-0.3, -0.25) is 14.6 Å². The average molecular weight is 457 g/mol. The highest BCUT2D eigenvalue weighted by atomic mass is 16.5. The Morgan fingerprint density at radius 1 is 0.971 bits per heavy atom. The first-order chi connectivity index (χ1) is 16.6. The van der Waals surface area contributed by atoms with Crippen molar-refractivity contribution in [2.24, 2.45) is 0 Å². The van der Waals surface area contributed by atoms with Crippen molar-refractivity contribution in [2.45, 2.75) is 38.8 Å². The number of ether oxygens (including phenoxy) is 1. The molecule has 1 unspecified atom stereocenters. The van der Waals surface area contributed by atoms with Crippen molar-refractivity contribution in [1.29, 1.82) is 0 Å². The molecule has 34 heavy (non-hydrogen) atoms. The van der Waals surface area contributed by atoms with Gasteiger partial charge in [0.2, 0.25) is 0 Å². The number of likely N-dealkylation sites (tertiary alicyclic amines) is 1. The van der Waals surface area contributed by atoms with Crippen LogP contribution in [0, 0.1) is 0 Å². The van der Waals surface area contributed by atoms with Gasteiger partial charge in [0, 0.05) is 24.5 Å². The number of benzene rings is 2. The molecule has 1 aliphatic rings. The van der Waals surface area contributed by atoms with Crippen LogP contribution in [0.15, 0.2) is 84.7 Å². The molecule has 1 amide bonds. The molecule has 2 aromatic carbocycles. The van der Waals surface area contributed by atoms with Gasteiger partial charge in [0.05, 0.1) is 18.2 Å². The number of aliphatic hydroxyl groups excluding tert-OH is 1. The minimum absolute atomic E-state index is 0.0729. The Balaban J connectivity index is 1.71. The second-order valence-electron chi connectivity index (χ2n) is 8.27. The fraction of sp³-hybridized carbons (Fsp3) is 0.250. The van der Waals surface area contributed by atoms with Gasteiger partial charge in [-0.2, -0.15) is 0 Å². The third-order valence-electron chi connectivity index (χ3n) is 5.90. The fourth-order valence-electron chi connectivity index (χ4n) is 4.12. The Hall–Kier alpha value is -3.93. The lowest BCUT2D eigenvalue weighted by Crippen LogP contribution is -2.29. The van der Waals surface area contributed by atoms with Crippen LogP contribution in [0.3, 0.4) is 0 Å². The maximum Gasteiger partial charge on any atom is 0.295 e. The van der Waals surface area contributed by atoms with E-state index >= 15 is 0 Å². The van der Waals surface area contributed by atoms with E-state index in [-0.39, 0.29) is 17.9 Å². The summed E-state index contributed by atoms with van der Waals surface area (Å²) in [5, 5.41) is 11.1. The fourth-order valence-corrected chi connectivity index (χ4v) is 4.12. The summed E-state index contributed by atoms with van der Waals surface area (Å²) in [6.07, 6.45) is 6.30. The predicted octanol–water partition coefficient (Wildman–Crippen LogP) is 5.27. The first-order valence-electron chi connectivity index (χ1n) is 11.6. The molecule has 3 aromatic rings. The van der Waals surface area contributed by atoms with Crippen LogP contribution in [-0.4, -0.2) is 33.3 Å². The second kappa shape index (κ2) is 10.8. The lowest BCUT2D eigenvalue weighted by atomic mass is 9.95. The molecule has 174 valence electrons. The summed E-state index contributed by atoms with van der Waals surface area (Å²) in [6, 6.07) is 19.4. The zero-order valence-corrected chi connectivity index (χ0v) is 19.2. The van der Waals surface area contributed by atoms with Gasteiger partial charge in [-0.05, 0) is 41.8 Å². The van der Waals surface area contributed by atoms with Crippen LogP contribution in [0.2, 0.25) is 0 Å². The second-order valence-corrected chi connectivity index (χ2v) is 8.27. The molecule has 1 saturated heterocycles. The van der Waals surface area contributed by atoms with E-state index in [1.807, 2.05) is 54.6 Å². The van der Waals surface area contributed by atoms with Crippen LogP contribution in [0.5, 0.6) is 5.75 Å². The summed E-state index contributed by atoms with van der Waals surface area (Å²) in [4.78, 5) is 31.7. The number of hydrogen-bond acceptors (Lipinski definition) is 5. The average Bonchev–Trinajstić information content (AvgIpc) is 3.12. The summed E-state index contributed by atoms with van der Waals surface area (Å²) in [7, 11) is 0. The number of unbranched alkanes of at least 4 members (excludes halogenated alkanes) is 2. The van der Waals surface area contributed by atoms with Crippen molar-refractivity contribution in [3.63, 3.8) is 0 Å². The molecule has 4 rings (SSSR count). The number of hydrogen-bond donors (Lipinski definition) is 1. The maximum atomic E-state index is 13.1. The molecular formula is C28H28N2O4. The lowest BCUT2D eigenvalue weighted by Gasteiger charge is -2.25. The number of nitrogens with zero attached hydrogens (tertiary/aromatic N) is 2. The molecule has 1 aromatic heterocycles. The van der Waals surface area contributed by atoms with Gasteiger partial charge in [-0.1, -0.05) is 62.2 Å². The molecule has 1 fully saturated rings. The molecule has 1 aliphatic heterocycles. The minimum Gasteiger partial charge on any atom is -0.507 e. The molecule has 0 spiro atoms. The van der Waals surface area contributed by atoms with E-state index in [1.165, 1.54) is 17.3 Å². The number of aliphatic hydroxyl groups is 1. The van der Waals surface area contributed by atoms with Crippen LogP contribution in [0.4, 0.5) is 0 Å². The summed E-state index contributed by atoms with van der Waals surface area (Å²) >= 11 is 0. The Morgan fingerprint density at radius 3 is 2.35 bits per heavy atom. The Labute approximate surface area is 199 Å².